The Kier molecular flexibility index (Phi) is 3.41. The molecule has 104 valence electrons. The Bertz CT molecular complexity index is 297. The smallest absolute Gasteiger partial charge is 0.0707 e. The third-order valence-electron chi connectivity index (χ3n) is 5.74. The highest BCUT2D eigenvalue weighted by Gasteiger charge is 2.48. The van der Waals surface area contributed by atoms with Crippen LogP contribution in [0.2, 0.25) is 0 Å². The van der Waals surface area contributed by atoms with Gasteiger partial charge in [-0.1, -0.05) is 20.3 Å². The number of hydrogen-bond donors (Lipinski definition) is 1. The molecular formula is C15H28N2O. The molecule has 0 radical (unpaired) electrons. The Hall–Kier alpha value is -0.120. The van der Waals surface area contributed by atoms with Gasteiger partial charge in [0.2, 0.25) is 0 Å². The maximum absolute atomic E-state index is 6.25. The summed E-state index contributed by atoms with van der Waals surface area (Å²) in [5, 5.41) is 0. The van der Waals surface area contributed by atoms with Crippen LogP contribution in [0.15, 0.2) is 0 Å². The van der Waals surface area contributed by atoms with E-state index in [0.717, 1.165) is 31.5 Å². The van der Waals surface area contributed by atoms with Crippen LogP contribution in [0.5, 0.6) is 0 Å². The maximum Gasteiger partial charge on any atom is 0.0707 e. The van der Waals surface area contributed by atoms with E-state index >= 15 is 0 Å². The Morgan fingerprint density at radius 2 is 1.78 bits per heavy atom. The van der Waals surface area contributed by atoms with Gasteiger partial charge in [-0.25, -0.2) is 0 Å². The van der Waals surface area contributed by atoms with Crippen molar-refractivity contribution in [3.63, 3.8) is 0 Å². The van der Waals surface area contributed by atoms with Gasteiger partial charge in [0.1, 0.15) is 0 Å². The zero-order valence-electron chi connectivity index (χ0n) is 11.9. The minimum absolute atomic E-state index is 0.252. The number of morpholine rings is 1. The number of fused-ring (bicyclic) bond motifs is 2. The molecule has 2 N–H and O–H groups in total. The number of nitrogens with zero attached hydrogens (tertiary/aromatic N) is 1. The van der Waals surface area contributed by atoms with Crippen molar-refractivity contribution >= 4 is 0 Å². The Labute approximate surface area is 111 Å². The highest BCUT2D eigenvalue weighted by molar-refractivity contribution is 5.03. The molecule has 0 amide bonds. The predicted octanol–water partition coefficient (Wildman–Crippen LogP) is 2.00. The first kappa shape index (κ1) is 12.9. The van der Waals surface area contributed by atoms with Crippen molar-refractivity contribution < 1.29 is 4.74 Å². The fourth-order valence-corrected chi connectivity index (χ4v) is 4.54. The quantitative estimate of drug-likeness (QED) is 0.817. The lowest BCUT2D eigenvalue weighted by Gasteiger charge is -2.54. The van der Waals surface area contributed by atoms with Crippen LogP contribution in [0.1, 0.15) is 46.0 Å². The summed E-state index contributed by atoms with van der Waals surface area (Å²) in [7, 11) is 0. The molecule has 3 aliphatic rings. The van der Waals surface area contributed by atoms with Crippen molar-refractivity contribution in [2.24, 2.45) is 17.6 Å². The third kappa shape index (κ3) is 2.00. The van der Waals surface area contributed by atoms with E-state index in [4.69, 9.17) is 10.5 Å². The van der Waals surface area contributed by atoms with Crippen LogP contribution in [0.3, 0.4) is 0 Å². The molecule has 5 atom stereocenters. The molecule has 2 heterocycles. The van der Waals surface area contributed by atoms with Crippen LogP contribution in [-0.2, 0) is 4.74 Å². The Balaban J connectivity index is 1.81. The van der Waals surface area contributed by atoms with Gasteiger partial charge >= 0.3 is 0 Å². The van der Waals surface area contributed by atoms with Crippen LogP contribution >= 0.6 is 0 Å². The van der Waals surface area contributed by atoms with Gasteiger partial charge < -0.3 is 10.5 Å². The fourth-order valence-electron chi connectivity index (χ4n) is 4.54. The van der Waals surface area contributed by atoms with Gasteiger partial charge in [-0.2, -0.15) is 0 Å². The molecule has 18 heavy (non-hydrogen) atoms. The SMILES string of the molecule is CC1CCC(C)C(CN)(N2CC3CCC(C2)O3)C1. The molecule has 0 spiro atoms. The predicted molar refractivity (Wildman–Crippen MR) is 73.4 cm³/mol. The molecule has 2 bridgehead atoms. The van der Waals surface area contributed by atoms with Gasteiger partial charge in [-0.15, -0.1) is 0 Å². The zero-order chi connectivity index (χ0) is 12.8. The summed E-state index contributed by atoms with van der Waals surface area (Å²) in [4.78, 5) is 2.71. The number of nitrogens with two attached hydrogens (primary N) is 1. The van der Waals surface area contributed by atoms with Crippen LogP contribution in [0, 0.1) is 11.8 Å². The molecule has 0 aromatic carbocycles. The van der Waals surface area contributed by atoms with E-state index in [2.05, 4.69) is 18.7 Å². The summed E-state index contributed by atoms with van der Waals surface area (Å²) in [6, 6.07) is 0. The van der Waals surface area contributed by atoms with Gasteiger partial charge in [0.15, 0.2) is 0 Å². The summed E-state index contributed by atoms with van der Waals surface area (Å²) in [6.45, 7) is 7.86. The van der Waals surface area contributed by atoms with Crippen molar-refractivity contribution in [1.29, 1.82) is 0 Å². The summed E-state index contributed by atoms with van der Waals surface area (Å²) < 4.78 is 5.99. The highest BCUT2D eigenvalue weighted by Crippen LogP contribution is 2.43. The maximum atomic E-state index is 6.25. The molecule has 3 fully saturated rings. The lowest BCUT2D eigenvalue weighted by atomic mass is 9.68. The van der Waals surface area contributed by atoms with E-state index in [9.17, 15) is 0 Å². The molecule has 5 unspecified atom stereocenters. The number of hydrogen-bond acceptors (Lipinski definition) is 3. The average Bonchev–Trinajstić information content (AvgIpc) is 2.71. The topological polar surface area (TPSA) is 38.5 Å². The number of ether oxygens (including phenoxy) is 1. The molecule has 3 nitrogen and oxygen atoms in total. The van der Waals surface area contributed by atoms with Crippen molar-refractivity contribution in [3.05, 3.63) is 0 Å². The van der Waals surface area contributed by atoms with Crippen molar-refractivity contribution in [2.75, 3.05) is 19.6 Å². The Morgan fingerprint density at radius 3 is 2.39 bits per heavy atom. The first-order valence-electron chi connectivity index (χ1n) is 7.74. The van der Waals surface area contributed by atoms with Crippen molar-refractivity contribution in [1.82, 2.24) is 4.90 Å². The number of likely N-dealkylation sites (tertiary alicyclic amines) is 1. The van der Waals surface area contributed by atoms with Gasteiger partial charge in [0.05, 0.1) is 12.2 Å². The molecule has 0 aromatic rings. The largest absolute Gasteiger partial charge is 0.372 e. The second-order valence-corrected chi connectivity index (χ2v) is 6.96. The minimum Gasteiger partial charge on any atom is -0.372 e. The van der Waals surface area contributed by atoms with Crippen LogP contribution < -0.4 is 5.73 Å². The second-order valence-electron chi connectivity index (χ2n) is 6.96. The van der Waals surface area contributed by atoms with E-state index in [1.54, 1.807) is 0 Å². The van der Waals surface area contributed by atoms with Gasteiger partial charge in [-0.3, -0.25) is 4.90 Å². The van der Waals surface area contributed by atoms with E-state index < -0.39 is 0 Å². The first-order valence-corrected chi connectivity index (χ1v) is 7.74. The summed E-state index contributed by atoms with van der Waals surface area (Å²) >= 11 is 0. The van der Waals surface area contributed by atoms with Gasteiger partial charge in [0, 0.05) is 25.2 Å². The fraction of sp³-hybridized carbons (Fsp3) is 1.00. The molecule has 1 aliphatic carbocycles. The standard InChI is InChI=1S/C15H28N2O/c1-11-3-4-12(2)15(7-11,10-16)17-8-13-5-6-14(9-17)18-13/h11-14H,3-10,16H2,1-2H3. The molecule has 2 aliphatic heterocycles. The highest BCUT2D eigenvalue weighted by atomic mass is 16.5. The first-order chi connectivity index (χ1) is 8.64. The lowest BCUT2D eigenvalue weighted by Crippen LogP contribution is -2.64. The molecule has 0 aromatic heterocycles. The van der Waals surface area contributed by atoms with Crippen molar-refractivity contribution in [3.8, 4) is 0 Å². The molecular weight excluding hydrogens is 224 g/mol. The van der Waals surface area contributed by atoms with E-state index in [1.807, 2.05) is 0 Å². The van der Waals surface area contributed by atoms with E-state index in [1.165, 1.54) is 32.1 Å². The lowest BCUT2D eigenvalue weighted by molar-refractivity contribution is -0.104. The monoisotopic (exact) mass is 252 g/mol. The van der Waals surface area contributed by atoms with Crippen LogP contribution in [0.25, 0.3) is 0 Å². The van der Waals surface area contributed by atoms with E-state index in [0.29, 0.717) is 12.2 Å². The average molecular weight is 252 g/mol. The van der Waals surface area contributed by atoms with Crippen LogP contribution in [-0.4, -0.2) is 42.3 Å². The summed E-state index contributed by atoms with van der Waals surface area (Å²) in [6.07, 6.45) is 7.47. The van der Waals surface area contributed by atoms with E-state index in [-0.39, 0.29) is 5.54 Å². The minimum atomic E-state index is 0.252. The number of rotatable bonds is 2. The summed E-state index contributed by atoms with van der Waals surface area (Å²) in [5.41, 5.74) is 6.50. The Morgan fingerprint density at radius 1 is 1.11 bits per heavy atom. The van der Waals surface area contributed by atoms with Crippen LogP contribution in [0.4, 0.5) is 0 Å². The van der Waals surface area contributed by atoms with Gasteiger partial charge in [-0.05, 0) is 37.5 Å². The van der Waals surface area contributed by atoms with Crippen molar-refractivity contribution in [2.45, 2.75) is 63.7 Å². The van der Waals surface area contributed by atoms with Gasteiger partial charge in [0.25, 0.3) is 0 Å². The molecule has 3 heteroatoms. The summed E-state index contributed by atoms with van der Waals surface area (Å²) in [5.74, 6) is 1.56. The molecule has 3 rings (SSSR count). The molecule has 2 saturated heterocycles. The second kappa shape index (κ2) is 4.77. The molecule has 1 saturated carbocycles. The zero-order valence-corrected chi connectivity index (χ0v) is 11.9. The third-order valence-corrected chi connectivity index (χ3v) is 5.74. The normalized spacial score (nSPS) is 49.5.